The predicted octanol–water partition coefficient (Wildman–Crippen LogP) is 4.50. The molecule has 6 rings (SSSR count). The molecule has 0 saturated carbocycles. The number of hydrogen-bond donors (Lipinski definition) is 1. The van der Waals surface area contributed by atoms with Gasteiger partial charge in [-0.2, -0.15) is 9.61 Å². The van der Waals surface area contributed by atoms with Crippen molar-refractivity contribution in [3.05, 3.63) is 119 Å². The van der Waals surface area contributed by atoms with Crippen molar-refractivity contribution in [2.24, 2.45) is 0 Å². The maximum absolute atomic E-state index is 6.26. The Labute approximate surface area is 225 Å². The molecule has 3 aromatic heterocycles. The monoisotopic (exact) mass is 498 g/mol. The smallest absolute Gasteiger partial charge is 0.150 e. The lowest BCUT2D eigenvalue weighted by Crippen LogP contribution is -2.34. The third-order valence-corrected chi connectivity index (χ3v) is 7.29. The Bertz CT molecular complexity index is 1500. The van der Waals surface area contributed by atoms with E-state index >= 15 is 0 Å². The molecule has 5 aromatic rings. The molecule has 0 aliphatic carbocycles. The standard InChI is InChI=1S/C31H31BN6/c32-28-20-35-38-30(34-19-26-11-5-13-33-18-26)17-29(36-31(28)38)27-12-6-14-37(22-27)21-25-10-4-9-24(16-25)15-23-7-2-1-3-8-23/h1-5,7-11,13,16-18,20,27,34H,6,12,14-15,19,21-22H2. The molecular formula is C31H31BN6. The van der Waals surface area contributed by atoms with Gasteiger partial charge in [0.25, 0.3) is 0 Å². The van der Waals surface area contributed by atoms with Crippen molar-refractivity contribution in [3.63, 3.8) is 0 Å². The number of nitrogens with zero attached hydrogens (tertiary/aromatic N) is 5. The summed E-state index contributed by atoms with van der Waals surface area (Å²) in [5.74, 6) is 1.24. The van der Waals surface area contributed by atoms with Crippen LogP contribution in [0.3, 0.4) is 0 Å². The van der Waals surface area contributed by atoms with Crippen molar-refractivity contribution in [2.45, 2.75) is 38.3 Å². The molecule has 0 bridgehead atoms. The highest BCUT2D eigenvalue weighted by molar-refractivity contribution is 6.36. The topological polar surface area (TPSA) is 58.4 Å². The van der Waals surface area contributed by atoms with Gasteiger partial charge in [0.05, 0.1) is 5.69 Å². The predicted molar refractivity (Wildman–Crippen MR) is 153 cm³/mol. The molecule has 1 atom stereocenters. The van der Waals surface area contributed by atoms with Gasteiger partial charge in [0.1, 0.15) is 13.7 Å². The molecule has 0 amide bonds. The molecule has 2 aromatic carbocycles. The van der Waals surface area contributed by atoms with Crippen LogP contribution in [0.1, 0.15) is 46.7 Å². The highest BCUT2D eigenvalue weighted by Crippen LogP contribution is 2.29. The average molecular weight is 498 g/mol. The molecule has 38 heavy (non-hydrogen) atoms. The molecule has 1 N–H and O–H groups in total. The van der Waals surface area contributed by atoms with E-state index in [0.29, 0.717) is 23.6 Å². The van der Waals surface area contributed by atoms with Gasteiger partial charge < -0.3 is 5.32 Å². The summed E-state index contributed by atoms with van der Waals surface area (Å²) in [4.78, 5) is 11.8. The number of benzene rings is 2. The summed E-state index contributed by atoms with van der Waals surface area (Å²) in [7, 11) is 6.26. The van der Waals surface area contributed by atoms with Crippen molar-refractivity contribution >= 4 is 24.8 Å². The van der Waals surface area contributed by atoms with Crippen molar-refractivity contribution in [2.75, 3.05) is 18.4 Å². The Morgan fingerprint density at radius 2 is 1.74 bits per heavy atom. The molecular weight excluding hydrogens is 467 g/mol. The van der Waals surface area contributed by atoms with Gasteiger partial charge in [-0.1, -0.05) is 60.7 Å². The highest BCUT2D eigenvalue weighted by Gasteiger charge is 2.24. The minimum absolute atomic E-state index is 0.342. The van der Waals surface area contributed by atoms with Crippen molar-refractivity contribution in [1.29, 1.82) is 0 Å². The number of likely N-dealkylation sites (tertiary alicyclic amines) is 1. The van der Waals surface area contributed by atoms with Gasteiger partial charge in [0, 0.05) is 50.2 Å². The molecule has 1 aliphatic rings. The minimum Gasteiger partial charge on any atom is -0.366 e. The lowest BCUT2D eigenvalue weighted by Gasteiger charge is -2.32. The first-order valence-electron chi connectivity index (χ1n) is 13.3. The Morgan fingerprint density at radius 3 is 2.61 bits per heavy atom. The van der Waals surface area contributed by atoms with E-state index in [1.807, 2.05) is 12.3 Å². The fraction of sp³-hybridized carbons (Fsp3) is 0.258. The Kier molecular flexibility index (Phi) is 7.18. The molecule has 1 unspecified atom stereocenters. The number of pyridine rings is 1. The molecule has 4 heterocycles. The molecule has 1 fully saturated rings. The lowest BCUT2D eigenvalue weighted by molar-refractivity contribution is 0.198. The third kappa shape index (κ3) is 5.63. The molecule has 2 radical (unpaired) electrons. The maximum Gasteiger partial charge on any atom is 0.150 e. The highest BCUT2D eigenvalue weighted by atomic mass is 15.3. The number of rotatable bonds is 8. The van der Waals surface area contributed by atoms with E-state index in [4.69, 9.17) is 12.8 Å². The summed E-state index contributed by atoms with van der Waals surface area (Å²) >= 11 is 0. The number of fused-ring (bicyclic) bond motifs is 1. The summed E-state index contributed by atoms with van der Waals surface area (Å²) in [6.07, 6.45) is 8.56. The molecule has 1 aliphatic heterocycles. The van der Waals surface area contributed by atoms with Crippen LogP contribution in [0.5, 0.6) is 0 Å². The van der Waals surface area contributed by atoms with Gasteiger partial charge in [0.15, 0.2) is 5.65 Å². The zero-order chi connectivity index (χ0) is 25.7. The van der Waals surface area contributed by atoms with Crippen molar-refractivity contribution < 1.29 is 0 Å². The van der Waals surface area contributed by atoms with Crippen LogP contribution < -0.4 is 10.8 Å². The van der Waals surface area contributed by atoms with Crippen LogP contribution in [0.2, 0.25) is 0 Å². The van der Waals surface area contributed by atoms with Crippen LogP contribution in [0.4, 0.5) is 5.82 Å². The SMILES string of the molecule is [B]c1cnn2c(NCc3cccnc3)cc(C3CCCN(Cc4cccc(Cc5ccccc5)c4)C3)nc12. The van der Waals surface area contributed by atoms with E-state index in [0.717, 1.165) is 56.0 Å². The van der Waals surface area contributed by atoms with E-state index in [9.17, 15) is 0 Å². The van der Waals surface area contributed by atoms with Crippen molar-refractivity contribution in [3.8, 4) is 0 Å². The number of anilines is 1. The van der Waals surface area contributed by atoms with Crippen LogP contribution in [-0.4, -0.2) is 45.4 Å². The van der Waals surface area contributed by atoms with Gasteiger partial charge in [0.2, 0.25) is 0 Å². The normalized spacial score (nSPS) is 16.1. The van der Waals surface area contributed by atoms with Gasteiger partial charge in [-0.25, -0.2) is 4.98 Å². The summed E-state index contributed by atoms with van der Waals surface area (Å²) in [6, 6.07) is 25.8. The minimum atomic E-state index is 0.342. The summed E-state index contributed by atoms with van der Waals surface area (Å²) in [6.45, 7) is 3.68. The fourth-order valence-electron chi connectivity index (χ4n) is 5.40. The van der Waals surface area contributed by atoms with Gasteiger partial charge >= 0.3 is 0 Å². The summed E-state index contributed by atoms with van der Waals surface area (Å²) in [5, 5.41) is 7.99. The maximum atomic E-state index is 6.26. The van der Waals surface area contributed by atoms with Gasteiger partial charge in [-0.05, 0) is 59.6 Å². The van der Waals surface area contributed by atoms with Crippen LogP contribution >= 0.6 is 0 Å². The van der Waals surface area contributed by atoms with E-state index in [1.165, 1.54) is 16.7 Å². The second kappa shape index (κ2) is 11.2. The van der Waals surface area contributed by atoms with E-state index < -0.39 is 0 Å². The zero-order valence-electron chi connectivity index (χ0n) is 21.5. The van der Waals surface area contributed by atoms with Gasteiger partial charge in [-0.15, -0.1) is 0 Å². The van der Waals surface area contributed by atoms with Crippen LogP contribution in [0.15, 0.2) is 91.4 Å². The average Bonchev–Trinajstić information content (AvgIpc) is 3.34. The second-order valence-corrected chi connectivity index (χ2v) is 10.2. The molecule has 6 nitrogen and oxygen atoms in total. The van der Waals surface area contributed by atoms with E-state index in [1.54, 1.807) is 16.9 Å². The van der Waals surface area contributed by atoms with Gasteiger partial charge in [-0.3, -0.25) is 9.88 Å². The number of nitrogens with one attached hydrogen (secondary N) is 1. The third-order valence-electron chi connectivity index (χ3n) is 7.29. The first-order chi connectivity index (χ1) is 18.7. The molecule has 1 saturated heterocycles. The Hall–Kier alpha value is -3.97. The fourth-order valence-corrected chi connectivity index (χ4v) is 5.40. The van der Waals surface area contributed by atoms with Crippen LogP contribution in [0, 0.1) is 0 Å². The Morgan fingerprint density at radius 1 is 0.895 bits per heavy atom. The van der Waals surface area contributed by atoms with Crippen molar-refractivity contribution in [1.82, 2.24) is 24.5 Å². The first-order valence-corrected chi connectivity index (χ1v) is 13.3. The number of hydrogen-bond acceptors (Lipinski definition) is 5. The van der Waals surface area contributed by atoms with Crippen LogP contribution in [-0.2, 0) is 19.5 Å². The molecule has 188 valence electrons. The first kappa shape index (κ1) is 24.4. The Balaban J connectivity index is 1.18. The summed E-state index contributed by atoms with van der Waals surface area (Å²) < 4.78 is 1.80. The second-order valence-electron chi connectivity index (χ2n) is 10.2. The lowest BCUT2D eigenvalue weighted by atomic mass is 9.93. The number of aromatic nitrogens is 4. The number of piperidine rings is 1. The molecule has 7 heteroatoms. The zero-order valence-corrected chi connectivity index (χ0v) is 21.5. The largest absolute Gasteiger partial charge is 0.366 e. The van der Waals surface area contributed by atoms with E-state index in [2.05, 4.69) is 87.0 Å². The molecule has 0 spiro atoms. The summed E-state index contributed by atoms with van der Waals surface area (Å²) in [5.41, 5.74) is 7.55. The quantitative estimate of drug-likeness (QED) is 0.320. The van der Waals surface area contributed by atoms with E-state index in [-0.39, 0.29) is 0 Å². The van der Waals surface area contributed by atoms with Crippen LogP contribution in [0.25, 0.3) is 5.65 Å².